The highest BCUT2D eigenvalue weighted by molar-refractivity contribution is 6.06. The van der Waals surface area contributed by atoms with Gasteiger partial charge in [0.1, 0.15) is 5.82 Å². The highest BCUT2D eigenvalue weighted by atomic mass is 16.1. The van der Waals surface area contributed by atoms with Crippen LogP contribution in [0, 0.1) is 0 Å². The summed E-state index contributed by atoms with van der Waals surface area (Å²) in [6.45, 7) is 1.42. The molecule has 0 bridgehead atoms. The van der Waals surface area contributed by atoms with Gasteiger partial charge in [0.25, 0.3) is 0 Å². The molecule has 5 heteroatoms. The number of pyridine rings is 1. The Morgan fingerprint density at radius 2 is 2.11 bits per heavy atom. The molecule has 0 fully saturated rings. The molecule has 1 amide bonds. The molecule has 1 heterocycles. The van der Waals surface area contributed by atoms with Crippen LogP contribution in [0.4, 0.5) is 5.82 Å². The largest absolute Gasteiger partial charge is 0.366 e. The van der Waals surface area contributed by atoms with Gasteiger partial charge in [0.05, 0.1) is 11.1 Å². The van der Waals surface area contributed by atoms with Crippen molar-refractivity contribution < 1.29 is 4.79 Å². The second-order valence-electron chi connectivity index (χ2n) is 4.47. The van der Waals surface area contributed by atoms with E-state index in [1.54, 1.807) is 6.07 Å². The van der Waals surface area contributed by atoms with E-state index in [1.165, 1.54) is 0 Å². The normalized spacial score (nSPS) is 10.6. The molecule has 1 aromatic heterocycles. The standard InChI is InChI=1S/C14H18N4O/c1-18(8-4-7-15)13-9-11(14(16)19)10-5-2-3-6-12(10)17-13/h2-3,5-6,9H,4,7-8,15H2,1H3,(H2,16,19). The predicted molar refractivity (Wildman–Crippen MR) is 77.2 cm³/mol. The minimum Gasteiger partial charge on any atom is -0.366 e. The highest BCUT2D eigenvalue weighted by Gasteiger charge is 2.12. The average Bonchev–Trinajstić information content (AvgIpc) is 2.43. The Kier molecular flexibility index (Phi) is 3.97. The first-order valence-electron chi connectivity index (χ1n) is 6.24. The van der Waals surface area contributed by atoms with Crippen molar-refractivity contribution in [2.24, 2.45) is 11.5 Å². The van der Waals surface area contributed by atoms with E-state index in [0.717, 1.165) is 29.7 Å². The third kappa shape index (κ3) is 2.82. The van der Waals surface area contributed by atoms with E-state index in [-0.39, 0.29) is 0 Å². The van der Waals surface area contributed by atoms with Gasteiger partial charge in [0.15, 0.2) is 0 Å². The number of carbonyl (C=O) groups is 1. The van der Waals surface area contributed by atoms with E-state index in [2.05, 4.69) is 4.98 Å². The van der Waals surface area contributed by atoms with Gasteiger partial charge in [-0.3, -0.25) is 4.79 Å². The van der Waals surface area contributed by atoms with Crippen LogP contribution in [0.15, 0.2) is 30.3 Å². The van der Waals surface area contributed by atoms with Crippen molar-refractivity contribution in [2.45, 2.75) is 6.42 Å². The van der Waals surface area contributed by atoms with Crippen LogP contribution in [-0.2, 0) is 0 Å². The molecule has 0 spiro atoms. The topological polar surface area (TPSA) is 85.2 Å². The van der Waals surface area contributed by atoms with Gasteiger partial charge in [-0.1, -0.05) is 18.2 Å². The number of anilines is 1. The SMILES string of the molecule is CN(CCCN)c1cc(C(N)=O)c2ccccc2n1. The number of benzene rings is 1. The number of nitrogens with two attached hydrogens (primary N) is 2. The quantitative estimate of drug-likeness (QED) is 0.841. The lowest BCUT2D eigenvalue weighted by Gasteiger charge is -2.19. The molecule has 1 aromatic carbocycles. The number of primary amides is 1. The van der Waals surface area contributed by atoms with E-state index < -0.39 is 5.91 Å². The molecule has 0 aliphatic rings. The third-order valence-corrected chi connectivity index (χ3v) is 3.06. The summed E-state index contributed by atoms with van der Waals surface area (Å²) >= 11 is 0. The maximum Gasteiger partial charge on any atom is 0.249 e. The van der Waals surface area contributed by atoms with Crippen molar-refractivity contribution in [3.05, 3.63) is 35.9 Å². The molecule has 5 nitrogen and oxygen atoms in total. The summed E-state index contributed by atoms with van der Waals surface area (Å²) < 4.78 is 0. The second-order valence-corrected chi connectivity index (χ2v) is 4.47. The number of hydrogen-bond acceptors (Lipinski definition) is 4. The maximum absolute atomic E-state index is 11.6. The van der Waals surface area contributed by atoms with Crippen LogP contribution < -0.4 is 16.4 Å². The van der Waals surface area contributed by atoms with Crippen LogP contribution in [0.5, 0.6) is 0 Å². The van der Waals surface area contributed by atoms with Crippen LogP contribution in [-0.4, -0.2) is 31.0 Å². The number of hydrogen-bond donors (Lipinski definition) is 2. The zero-order valence-corrected chi connectivity index (χ0v) is 11.0. The molecule has 0 saturated heterocycles. The van der Waals surface area contributed by atoms with Crippen molar-refractivity contribution in [3.8, 4) is 0 Å². The number of rotatable bonds is 5. The van der Waals surface area contributed by atoms with E-state index >= 15 is 0 Å². The lowest BCUT2D eigenvalue weighted by molar-refractivity contribution is 0.100. The molecule has 0 atom stereocenters. The van der Waals surface area contributed by atoms with Gasteiger partial charge < -0.3 is 16.4 Å². The van der Waals surface area contributed by atoms with Crippen molar-refractivity contribution in [1.29, 1.82) is 0 Å². The highest BCUT2D eigenvalue weighted by Crippen LogP contribution is 2.22. The summed E-state index contributed by atoms with van der Waals surface area (Å²) in [6.07, 6.45) is 0.872. The van der Waals surface area contributed by atoms with Crippen LogP contribution >= 0.6 is 0 Å². The summed E-state index contributed by atoms with van der Waals surface area (Å²) in [4.78, 5) is 18.1. The second kappa shape index (κ2) is 5.67. The molecule has 0 aliphatic heterocycles. The lowest BCUT2D eigenvalue weighted by atomic mass is 10.1. The molecule has 0 unspecified atom stereocenters. The molecule has 2 aromatic rings. The lowest BCUT2D eigenvalue weighted by Crippen LogP contribution is -2.23. The molecule has 0 aliphatic carbocycles. The van der Waals surface area contributed by atoms with Gasteiger partial charge in [-0.05, 0) is 25.1 Å². The number of carbonyl (C=O) groups excluding carboxylic acids is 1. The van der Waals surface area contributed by atoms with E-state index in [1.807, 2.05) is 36.2 Å². The summed E-state index contributed by atoms with van der Waals surface area (Å²) in [6, 6.07) is 9.23. The van der Waals surface area contributed by atoms with Gasteiger partial charge in [0.2, 0.25) is 5.91 Å². The van der Waals surface area contributed by atoms with Crippen molar-refractivity contribution in [1.82, 2.24) is 4.98 Å². The van der Waals surface area contributed by atoms with Gasteiger partial charge in [0, 0.05) is 19.0 Å². The number of amides is 1. The van der Waals surface area contributed by atoms with Gasteiger partial charge in [-0.2, -0.15) is 0 Å². The van der Waals surface area contributed by atoms with Crippen LogP contribution in [0.3, 0.4) is 0 Å². The summed E-state index contributed by atoms with van der Waals surface area (Å²) in [5, 5.41) is 0.783. The first-order valence-corrected chi connectivity index (χ1v) is 6.24. The zero-order valence-electron chi connectivity index (χ0n) is 11.0. The van der Waals surface area contributed by atoms with Gasteiger partial charge in [-0.25, -0.2) is 4.98 Å². The van der Waals surface area contributed by atoms with Crippen molar-refractivity contribution >= 4 is 22.6 Å². The number of nitrogens with zero attached hydrogens (tertiary/aromatic N) is 2. The monoisotopic (exact) mass is 258 g/mol. The third-order valence-electron chi connectivity index (χ3n) is 3.06. The molecular formula is C14H18N4O. The summed E-state index contributed by atoms with van der Waals surface area (Å²) in [5.41, 5.74) is 12.2. The Balaban J connectivity index is 2.49. The zero-order chi connectivity index (χ0) is 13.8. The average molecular weight is 258 g/mol. The van der Waals surface area contributed by atoms with E-state index in [9.17, 15) is 4.79 Å². The van der Waals surface area contributed by atoms with Crippen LogP contribution in [0.1, 0.15) is 16.8 Å². The Hall–Kier alpha value is -2.14. The Morgan fingerprint density at radius 3 is 2.79 bits per heavy atom. The minimum atomic E-state index is -0.438. The molecular weight excluding hydrogens is 240 g/mol. The first kappa shape index (κ1) is 13.3. The van der Waals surface area contributed by atoms with Gasteiger partial charge >= 0.3 is 0 Å². The number of fused-ring (bicyclic) bond motifs is 1. The molecule has 0 radical (unpaired) electrons. The fourth-order valence-electron chi connectivity index (χ4n) is 2.00. The maximum atomic E-state index is 11.6. The Bertz CT molecular complexity index is 597. The smallest absolute Gasteiger partial charge is 0.249 e. The number of para-hydroxylation sites is 1. The number of aromatic nitrogens is 1. The molecule has 4 N–H and O–H groups in total. The Labute approximate surface area is 112 Å². The Morgan fingerprint density at radius 1 is 1.37 bits per heavy atom. The first-order chi connectivity index (χ1) is 9.13. The molecule has 19 heavy (non-hydrogen) atoms. The van der Waals surface area contributed by atoms with Gasteiger partial charge in [-0.15, -0.1) is 0 Å². The van der Waals surface area contributed by atoms with E-state index in [4.69, 9.17) is 11.5 Å². The molecule has 0 saturated carbocycles. The summed E-state index contributed by atoms with van der Waals surface area (Å²) in [7, 11) is 1.93. The minimum absolute atomic E-state index is 0.438. The van der Waals surface area contributed by atoms with Crippen LogP contribution in [0.25, 0.3) is 10.9 Å². The summed E-state index contributed by atoms with van der Waals surface area (Å²) in [5.74, 6) is 0.299. The van der Waals surface area contributed by atoms with E-state index in [0.29, 0.717) is 12.1 Å². The van der Waals surface area contributed by atoms with Crippen molar-refractivity contribution in [3.63, 3.8) is 0 Å². The fourth-order valence-corrected chi connectivity index (χ4v) is 2.00. The fraction of sp³-hybridized carbons (Fsp3) is 0.286. The molecule has 2 rings (SSSR count). The van der Waals surface area contributed by atoms with Crippen molar-refractivity contribution in [2.75, 3.05) is 25.0 Å². The predicted octanol–water partition coefficient (Wildman–Crippen LogP) is 1.12. The van der Waals surface area contributed by atoms with Crippen LogP contribution in [0.2, 0.25) is 0 Å². The molecule has 100 valence electrons.